The zero-order valence-corrected chi connectivity index (χ0v) is 12.4. The van der Waals surface area contributed by atoms with Gasteiger partial charge in [-0.2, -0.15) is 0 Å². The summed E-state index contributed by atoms with van der Waals surface area (Å²) in [5.74, 6) is 0.211. The van der Waals surface area contributed by atoms with Gasteiger partial charge in [-0.25, -0.2) is 4.79 Å². The highest BCUT2D eigenvalue weighted by Gasteiger charge is 2.35. The van der Waals surface area contributed by atoms with Gasteiger partial charge in [0.25, 0.3) is 0 Å². The van der Waals surface area contributed by atoms with Gasteiger partial charge in [0.15, 0.2) is 0 Å². The Labute approximate surface area is 125 Å². The van der Waals surface area contributed by atoms with Crippen LogP contribution in [0.15, 0.2) is 24.3 Å². The number of benzene rings is 1. The van der Waals surface area contributed by atoms with Crippen molar-refractivity contribution in [3.05, 3.63) is 29.8 Å². The number of nitrogens with one attached hydrogen (secondary N) is 2. The Bertz CT molecular complexity index is 475. The van der Waals surface area contributed by atoms with Crippen molar-refractivity contribution >= 4 is 6.03 Å². The smallest absolute Gasteiger partial charge is 0.315 e. The van der Waals surface area contributed by atoms with Crippen molar-refractivity contribution in [1.29, 1.82) is 0 Å². The summed E-state index contributed by atoms with van der Waals surface area (Å²) in [5, 5.41) is 24.9. The number of carbonyl (C=O) groups is 1. The zero-order chi connectivity index (χ0) is 15.3. The molecule has 21 heavy (non-hydrogen) atoms. The third-order valence-corrected chi connectivity index (χ3v) is 4.32. The van der Waals surface area contributed by atoms with Crippen LogP contribution in [0, 0.1) is 5.41 Å². The van der Waals surface area contributed by atoms with Gasteiger partial charge in [0.1, 0.15) is 5.75 Å². The van der Waals surface area contributed by atoms with Gasteiger partial charge in [0, 0.05) is 18.5 Å². The Kier molecular flexibility index (Phi) is 5.07. The summed E-state index contributed by atoms with van der Waals surface area (Å²) in [6.07, 6.45) is 3.57. The van der Waals surface area contributed by atoms with E-state index < -0.39 is 0 Å². The molecule has 1 aliphatic rings. The van der Waals surface area contributed by atoms with E-state index in [0.717, 1.165) is 31.2 Å². The lowest BCUT2D eigenvalue weighted by atomic mass is 9.73. The van der Waals surface area contributed by atoms with Crippen molar-refractivity contribution < 1.29 is 15.0 Å². The van der Waals surface area contributed by atoms with Crippen LogP contribution in [0.4, 0.5) is 4.79 Å². The van der Waals surface area contributed by atoms with Crippen molar-refractivity contribution in [2.75, 3.05) is 6.54 Å². The maximum absolute atomic E-state index is 11.8. The second-order valence-corrected chi connectivity index (χ2v) is 6.12. The number of carbonyl (C=O) groups excluding carboxylic acids is 1. The van der Waals surface area contributed by atoms with E-state index in [2.05, 4.69) is 10.6 Å². The fourth-order valence-corrected chi connectivity index (χ4v) is 2.73. The van der Waals surface area contributed by atoms with Crippen LogP contribution in [0.2, 0.25) is 0 Å². The van der Waals surface area contributed by atoms with Gasteiger partial charge in [-0.05, 0) is 30.5 Å². The molecule has 2 atom stereocenters. The Balaban J connectivity index is 1.75. The van der Waals surface area contributed by atoms with Gasteiger partial charge < -0.3 is 20.8 Å². The number of hydrogen-bond acceptors (Lipinski definition) is 3. The summed E-state index contributed by atoms with van der Waals surface area (Å²) in [6.45, 7) is 2.91. The molecular weight excluding hydrogens is 268 g/mol. The predicted octanol–water partition coefficient (Wildman–Crippen LogP) is 2.13. The van der Waals surface area contributed by atoms with E-state index in [1.54, 1.807) is 24.3 Å². The van der Waals surface area contributed by atoms with Crippen LogP contribution in [-0.4, -0.2) is 28.9 Å². The number of phenolic OH excluding ortho intramolecular Hbond substituents is 1. The summed E-state index contributed by atoms with van der Waals surface area (Å²) in [4.78, 5) is 11.8. The molecule has 1 aliphatic carbocycles. The molecule has 0 bridgehead atoms. The summed E-state index contributed by atoms with van der Waals surface area (Å²) in [7, 11) is 0. The zero-order valence-electron chi connectivity index (χ0n) is 12.4. The molecule has 5 heteroatoms. The van der Waals surface area contributed by atoms with Crippen molar-refractivity contribution in [3.8, 4) is 5.75 Å². The molecule has 0 saturated heterocycles. The molecule has 0 heterocycles. The molecule has 116 valence electrons. The first-order valence-corrected chi connectivity index (χ1v) is 7.47. The summed E-state index contributed by atoms with van der Waals surface area (Å²) >= 11 is 0. The van der Waals surface area contributed by atoms with Gasteiger partial charge >= 0.3 is 6.03 Å². The van der Waals surface area contributed by atoms with Gasteiger partial charge in [-0.1, -0.05) is 31.9 Å². The molecule has 0 radical (unpaired) electrons. The average molecular weight is 292 g/mol. The molecule has 2 amide bonds. The topological polar surface area (TPSA) is 81.6 Å². The quantitative estimate of drug-likeness (QED) is 0.686. The molecule has 1 aromatic carbocycles. The normalized spacial score (nSPS) is 25.3. The third kappa shape index (κ3) is 4.36. The number of phenols is 1. The maximum atomic E-state index is 11.8. The van der Waals surface area contributed by atoms with Crippen molar-refractivity contribution in [1.82, 2.24) is 10.6 Å². The third-order valence-electron chi connectivity index (χ3n) is 4.32. The van der Waals surface area contributed by atoms with Gasteiger partial charge in [0.2, 0.25) is 0 Å². The summed E-state index contributed by atoms with van der Waals surface area (Å²) < 4.78 is 0. The minimum atomic E-state index is -0.344. The molecule has 1 fully saturated rings. The van der Waals surface area contributed by atoms with E-state index >= 15 is 0 Å². The number of urea groups is 1. The van der Waals surface area contributed by atoms with E-state index in [1.807, 2.05) is 6.92 Å². The highest BCUT2D eigenvalue weighted by Crippen LogP contribution is 2.35. The largest absolute Gasteiger partial charge is 0.508 e. The number of amides is 2. The van der Waals surface area contributed by atoms with Crippen LogP contribution >= 0.6 is 0 Å². The van der Waals surface area contributed by atoms with Gasteiger partial charge in [-0.3, -0.25) is 0 Å². The molecule has 2 unspecified atom stereocenters. The van der Waals surface area contributed by atoms with Crippen molar-refractivity contribution in [2.24, 2.45) is 5.41 Å². The van der Waals surface area contributed by atoms with Crippen molar-refractivity contribution in [3.63, 3.8) is 0 Å². The second kappa shape index (κ2) is 6.80. The predicted molar refractivity (Wildman–Crippen MR) is 80.9 cm³/mol. The standard InChI is InChI=1S/C16H24N2O3/c1-16(9-3-2-4-14(16)20)11-18-15(21)17-10-12-5-7-13(19)8-6-12/h5-8,14,19-20H,2-4,9-11H2,1H3,(H2,17,18,21). The number of rotatable bonds is 4. The van der Waals surface area contributed by atoms with E-state index in [1.165, 1.54) is 0 Å². The molecule has 4 N–H and O–H groups in total. The highest BCUT2D eigenvalue weighted by atomic mass is 16.3. The monoisotopic (exact) mass is 292 g/mol. The molecule has 1 aromatic rings. The Morgan fingerprint density at radius 1 is 1.29 bits per heavy atom. The van der Waals surface area contributed by atoms with Crippen LogP contribution in [0.3, 0.4) is 0 Å². The average Bonchev–Trinajstić information content (AvgIpc) is 2.48. The molecule has 0 aromatic heterocycles. The van der Waals surface area contributed by atoms with Crippen molar-refractivity contribution in [2.45, 2.75) is 45.3 Å². The molecular formula is C16H24N2O3. The molecule has 2 rings (SSSR count). The maximum Gasteiger partial charge on any atom is 0.315 e. The lowest BCUT2D eigenvalue weighted by molar-refractivity contribution is 0.00309. The lowest BCUT2D eigenvalue weighted by Crippen LogP contribution is -2.47. The number of aromatic hydroxyl groups is 1. The Hall–Kier alpha value is -1.75. The molecule has 1 saturated carbocycles. The minimum Gasteiger partial charge on any atom is -0.508 e. The second-order valence-electron chi connectivity index (χ2n) is 6.12. The first kappa shape index (κ1) is 15.6. The fourth-order valence-electron chi connectivity index (χ4n) is 2.73. The molecule has 5 nitrogen and oxygen atoms in total. The van der Waals surface area contributed by atoms with E-state index in [-0.39, 0.29) is 23.3 Å². The number of hydrogen-bond donors (Lipinski definition) is 4. The first-order valence-electron chi connectivity index (χ1n) is 7.47. The highest BCUT2D eigenvalue weighted by molar-refractivity contribution is 5.73. The number of aliphatic hydroxyl groups is 1. The Morgan fingerprint density at radius 3 is 2.67 bits per heavy atom. The minimum absolute atomic E-state index is 0.211. The molecule has 0 aliphatic heterocycles. The van der Waals surface area contributed by atoms with Crippen LogP contribution in [0.5, 0.6) is 5.75 Å². The van der Waals surface area contributed by atoms with Crippen LogP contribution in [0.1, 0.15) is 38.2 Å². The van der Waals surface area contributed by atoms with Crippen LogP contribution in [-0.2, 0) is 6.54 Å². The van der Waals surface area contributed by atoms with Gasteiger partial charge in [-0.15, -0.1) is 0 Å². The van der Waals surface area contributed by atoms with E-state index in [0.29, 0.717) is 13.1 Å². The van der Waals surface area contributed by atoms with Gasteiger partial charge in [0.05, 0.1) is 6.10 Å². The summed E-state index contributed by atoms with van der Waals surface area (Å²) in [5.41, 5.74) is 0.695. The van der Waals surface area contributed by atoms with E-state index in [9.17, 15) is 15.0 Å². The number of aliphatic hydroxyl groups excluding tert-OH is 1. The van der Waals surface area contributed by atoms with E-state index in [4.69, 9.17) is 0 Å². The SMILES string of the molecule is CC1(CNC(=O)NCc2ccc(O)cc2)CCCCC1O. The summed E-state index contributed by atoms with van der Waals surface area (Å²) in [6, 6.07) is 6.48. The van der Waals surface area contributed by atoms with Crippen LogP contribution < -0.4 is 10.6 Å². The first-order chi connectivity index (χ1) is 9.99. The molecule has 0 spiro atoms. The lowest BCUT2D eigenvalue weighted by Gasteiger charge is -2.38. The fraction of sp³-hybridized carbons (Fsp3) is 0.562. The van der Waals surface area contributed by atoms with Crippen LogP contribution in [0.25, 0.3) is 0 Å². The Morgan fingerprint density at radius 2 is 2.00 bits per heavy atom.